The van der Waals surface area contributed by atoms with Crippen molar-refractivity contribution in [2.75, 3.05) is 5.48 Å². The van der Waals surface area contributed by atoms with Crippen molar-refractivity contribution in [1.82, 2.24) is 0 Å². The van der Waals surface area contributed by atoms with Crippen LogP contribution in [0.2, 0.25) is 0 Å². The number of ether oxygens (including phenoxy) is 1. The summed E-state index contributed by atoms with van der Waals surface area (Å²) < 4.78 is 19.1. The molecule has 0 aliphatic heterocycles. The fourth-order valence-corrected chi connectivity index (χ4v) is 2.10. The molecule has 0 spiro atoms. The summed E-state index contributed by atoms with van der Waals surface area (Å²) in [5, 5.41) is 10.8. The molecule has 0 atom stereocenters. The molecule has 0 aromatic heterocycles. The number of rotatable bonds is 3. The second-order valence-electron chi connectivity index (χ2n) is 4.37. The lowest BCUT2D eigenvalue weighted by Crippen LogP contribution is -1.92. The first kappa shape index (κ1) is 12.4. The highest BCUT2D eigenvalue weighted by molar-refractivity contribution is 5.88. The van der Waals surface area contributed by atoms with Crippen LogP contribution in [0.5, 0.6) is 11.5 Å². The van der Waals surface area contributed by atoms with Crippen molar-refractivity contribution < 1.29 is 14.3 Å². The summed E-state index contributed by atoms with van der Waals surface area (Å²) in [7, 11) is 0. The molecule has 0 saturated heterocycles. The zero-order valence-electron chi connectivity index (χ0n) is 10.5. The van der Waals surface area contributed by atoms with Gasteiger partial charge in [-0.15, -0.1) is 0 Å². The maximum absolute atomic E-state index is 13.4. The second-order valence-corrected chi connectivity index (χ2v) is 4.37. The van der Waals surface area contributed by atoms with Crippen molar-refractivity contribution in [2.45, 2.75) is 0 Å². The van der Waals surface area contributed by atoms with Gasteiger partial charge in [0.05, 0.1) is 5.69 Å². The molecule has 2 N–H and O–H groups in total. The molecule has 0 aliphatic rings. The topological polar surface area (TPSA) is 41.5 Å². The van der Waals surface area contributed by atoms with E-state index in [0.717, 1.165) is 10.8 Å². The Hall–Kier alpha value is -2.59. The van der Waals surface area contributed by atoms with Crippen LogP contribution in [0.25, 0.3) is 10.8 Å². The van der Waals surface area contributed by atoms with Gasteiger partial charge >= 0.3 is 0 Å². The van der Waals surface area contributed by atoms with Gasteiger partial charge in [0.2, 0.25) is 0 Å². The van der Waals surface area contributed by atoms with Crippen molar-refractivity contribution in [3.05, 3.63) is 66.5 Å². The minimum atomic E-state index is -0.487. The first-order valence-corrected chi connectivity index (χ1v) is 6.12. The number of nitrogens with one attached hydrogen (secondary N) is 1. The van der Waals surface area contributed by atoms with Crippen LogP contribution < -0.4 is 10.2 Å². The number of halogens is 1. The summed E-state index contributed by atoms with van der Waals surface area (Å²) in [4.78, 5) is 0. The Morgan fingerprint density at radius 3 is 2.60 bits per heavy atom. The van der Waals surface area contributed by atoms with Gasteiger partial charge in [-0.2, -0.15) is 0 Å². The Morgan fingerprint density at radius 1 is 0.950 bits per heavy atom. The largest absolute Gasteiger partial charge is 0.457 e. The fourth-order valence-electron chi connectivity index (χ4n) is 2.10. The van der Waals surface area contributed by atoms with E-state index in [4.69, 9.17) is 9.94 Å². The van der Waals surface area contributed by atoms with Gasteiger partial charge in [-0.1, -0.05) is 36.4 Å². The Morgan fingerprint density at radius 2 is 1.75 bits per heavy atom. The summed E-state index contributed by atoms with van der Waals surface area (Å²) in [6.45, 7) is 0. The van der Waals surface area contributed by atoms with E-state index in [1.807, 2.05) is 47.9 Å². The standard InChI is InChI=1S/C16H12FNO2/c17-12-8-13(18-19)10-14(9-12)20-16-7-3-5-11-4-1-2-6-15(11)16/h1-10,18-19H. The molecule has 4 heteroatoms. The molecule has 0 fully saturated rings. The molecule has 3 rings (SSSR count). The highest BCUT2D eigenvalue weighted by atomic mass is 19.1. The normalized spacial score (nSPS) is 10.5. The van der Waals surface area contributed by atoms with Crippen LogP contribution in [0, 0.1) is 5.82 Å². The Balaban J connectivity index is 2.03. The van der Waals surface area contributed by atoms with Crippen molar-refractivity contribution in [3.63, 3.8) is 0 Å². The molecule has 0 heterocycles. The first-order chi connectivity index (χ1) is 9.76. The van der Waals surface area contributed by atoms with Crippen molar-refractivity contribution in [1.29, 1.82) is 0 Å². The third kappa shape index (κ3) is 2.41. The lowest BCUT2D eigenvalue weighted by atomic mass is 10.1. The predicted molar refractivity (Wildman–Crippen MR) is 75.8 cm³/mol. The lowest BCUT2D eigenvalue weighted by molar-refractivity contribution is 0.387. The number of hydrogen-bond acceptors (Lipinski definition) is 3. The third-order valence-corrected chi connectivity index (χ3v) is 2.98. The zero-order chi connectivity index (χ0) is 13.9. The zero-order valence-corrected chi connectivity index (χ0v) is 10.5. The van der Waals surface area contributed by atoms with Crippen LogP contribution in [0.4, 0.5) is 10.1 Å². The molecular weight excluding hydrogens is 257 g/mol. The van der Waals surface area contributed by atoms with Crippen LogP contribution in [-0.2, 0) is 0 Å². The average Bonchev–Trinajstić information content (AvgIpc) is 2.47. The van der Waals surface area contributed by atoms with E-state index in [1.54, 1.807) is 0 Å². The minimum absolute atomic E-state index is 0.236. The number of hydrogen-bond donors (Lipinski definition) is 2. The van der Waals surface area contributed by atoms with E-state index in [9.17, 15) is 4.39 Å². The summed E-state index contributed by atoms with van der Waals surface area (Å²) in [5.74, 6) is 0.467. The molecule has 3 aromatic carbocycles. The molecule has 20 heavy (non-hydrogen) atoms. The van der Waals surface area contributed by atoms with Crippen molar-refractivity contribution in [3.8, 4) is 11.5 Å². The summed E-state index contributed by atoms with van der Waals surface area (Å²) in [6.07, 6.45) is 0. The van der Waals surface area contributed by atoms with Gasteiger partial charge < -0.3 is 4.74 Å². The SMILES string of the molecule is ONc1cc(F)cc(Oc2cccc3ccccc23)c1. The van der Waals surface area contributed by atoms with Gasteiger partial charge in [0.1, 0.15) is 17.3 Å². The number of benzene rings is 3. The highest BCUT2D eigenvalue weighted by Crippen LogP contribution is 2.31. The lowest BCUT2D eigenvalue weighted by Gasteiger charge is -2.10. The van der Waals surface area contributed by atoms with Gasteiger partial charge in [0, 0.05) is 17.5 Å². The van der Waals surface area contributed by atoms with Gasteiger partial charge in [-0.25, -0.2) is 4.39 Å². The van der Waals surface area contributed by atoms with Crippen LogP contribution in [0.3, 0.4) is 0 Å². The molecule has 0 aliphatic carbocycles. The molecular formula is C16H12FNO2. The number of fused-ring (bicyclic) bond motifs is 1. The van der Waals surface area contributed by atoms with Crippen LogP contribution in [-0.4, -0.2) is 5.21 Å². The minimum Gasteiger partial charge on any atom is -0.457 e. The number of anilines is 1. The molecule has 0 bridgehead atoms. The molecule has 0 amide bonds. The predicted octanol–water partition coefficient (Wildman–Crippen LogP) is 4.57. The highest BCUT2D eigenvalue weighted by Gasteiger charge is 2.05. The molecule has 0 unspecified atom stereocenters. The van der Waals surface area contributed by atoms with Gasteiger partial charge in [0.25, 0.3) is 0 Å². The molecule has 3 nitrogen and oxygen atoms in total. The first-order valence-electron chi connectivity index (χ1n) is 6.12. The van der Waals surface area contributed by atoms with Gasteiger partial charge in [-0.05, 0) is 17.5 Å². The molecule has 0 saturated carbocycles. The summed E-state index contributed by atoms with van der Waals surface area (Å²) >= 11 is 0. The molecule has 0 radical (unpaired) electrons. The van der Waals surface area contributed by atoms with E-state index >= 15 is 0 Å². The summed E-state index contributed by atoms with van der Waals surface area (Å²) in [6, 6.07) is 17.4. The van der Waals surface area contributed by atoms with E-state index in [2.05, 4.69) is 0 Å². The van der Waals surface area contributed by atoms with Crippen molar-refractivity contribution in [2.24, 2.45) is 0 Å². The smallest absolute Gasteiger partial charge is 0.135 e. The van der Waals surface area contributed by atoms with Gasteiger partial charge in [0.15, 0.2) is 0 Å². The third-order valence-electron chi connectivity index (χ3n) is 2.98. The van der Waals surface area contributed by atoms with E-state index in [-0.39, 0.29) is 5.69 Å². The fraction of sp³-hybridized carbons (Fsp3) is 0. The molecule has 100 valence electrons. The van der Waals surface area contributed by atoms with Crippen molar-refractivity contribution >= 4 is 16.5 Å². The van der Waals surface area contributed by atoms with Crippen LogP contribution in [0.1, 0.15) is 0 Å². The van der Waals surface area contributed by atoms with Crippen LogP contribution in [0.15, 0.2) is 60.7 Å². The van der Waals surface area contributed by atoms with Crippen LogP contribution >= 0.6 is 0 Å². The Labute approximate surface area is 115 Å². The second kappa shape index (κ2) is 5.19. The maximum Gasteiger partial charge on any atom is 0.135 e. The molecule has 3 aromatic rings. The summed E-state index contributed by atoms with van der Waals surface area (Å²) in [5.41, 5.74) is 2.15. The van der Waals surface area contributed by atoms with Gasteiger partial charge in [-0.3, -0.25) is 10.7 Å². The van der Waals surface area contributed by atoms with E-state index < -0.39 is 5.82 Å². The average molecular weight is 269 g/mol. The van der Waals surface area contributed by atoms with E-state index in [0.29, 0.717) is 11.5 Å². The van der Waals surface area contributed by atoms with E-state index in [1.165, 1.54) is 18.2 Å². The maximum atomic E-state index is 13.4. The Bertz CT molecular complexity index is 753. The Kier molecular flexibility index (Phi) is 3.23. The quantitative estimate of drug-likeness (QED) is 0.684. The monoisotopic (exact) mass is 269 g/mol.